The quantitative estimate of drug-likeness (QED) is 0.713. The third-order valence-electron chi connectivity index (χ3n) is 2.75. The maximum atomic E-state index is 11.5. The lowest BCUT2D eigenvalue weighted by Crippen LogP contribution is -2.32. The molecular weight excluding hydrogens is 246 g/mol. The standard InChI is InChI=1S/C10H17NO5S/c1-2-4-17(15,16)5-3-11-7-8(10(13)14)6-9(11)12/h8H,2-7H2,1H3,(H,13,14). The molecule has 1 aliphatic heterocycles. The molecule has 7 heteroatoms. The highest BCUT2D eigenvalue weighted by molar-refractivity contribution is 7.91. The van der Waals surface area contributed by atoms with Crippen LogP contribution in [0.3, 0.4) is 0 Å². The summed E-state index contributed by atoms with van der Waals surface area (Å²) in [5, 5.41) is 8.76. The number of rotatable bonds is 6. The lowest BCUT2D eigenvalue weighted by molar-refractivity contribution is -0.141. The van der Waals surface area contributed by atoms with Crippen LogP contribution in [0.15, 0.2) is 0 Å². The van der Waals surface area contributed by atoms with Crippen LogP contribution in [-0.2, 0) is 19.4 Å². The van der Waals surface area contributed by atoms with Crippen LogP contribution in [-0.4, -0.2) is 54.9 Å². The van der Waals surface area contributed by atoms with Crippen LogP contribution in [0.1, 0.15) is 19.8 Å². The molecule has 1 aliphatic rings. The Hall–Kier alpha value is -1.11. The van der Waals surface area contributed by atoms with E-state index in [2.05, 4.69) is 0 Å². The molecule has 0 radical (unpaired) electrons. The first kappa shape index (κ1) is 14.0. The van der Waals surface area contributed by atoms with Crippen molar-refractivity contribution in [3.63, 3.8) is 0 Å². The monoisotopic (exact) mass is 263 g/mol. The van der Waals surface area contributed by atoms with Gasteiger partial charge >= 0.3 is 5.97 Å². The van der Waals surface area contributed by atoms with Crippen molar-refractivity contribution in [1.29, 1.82) is 0 Å². The molecule has 0 aromatic heterocycles. The molecule has 17 heavy (non-hydrogen) atoms. The van der Waals surface area contributed by atoms with Crippen LogP contribution < -0.4 is 0 Å². The Kier molecular flexibility index (Phi) is 4.50. The van der Waals surface area contributed by atoms with Crippen molar-refractivity contribution in [3.8, 4) is 0 Å². The highest BCUT2D eigenvalue weighted by Crippen LogP contribution is 2.17. The molecule has 1 amide bonds. The first-order chi connectivity index (χ1) is 7.85. The number of sulfone groups is 1. The van der Waals surface area contributed by atoms with E-state index >= 15 is 0 Å². The maximum Gasteiger partial charge on any atom is 0.308 e. The van der Waals surface area contributed by atoms with E-state index in [0.717, 1.165) is 0 Å². The molecule has 0 aliphatic carbocycles. The normalized spacial score (nSPS) is 20.9. The third-order valence-corrected chi connectivity index (χ3v) is 4.59. The zero-order chi connectivity index (χ0) is 13.1. The predicted molar refractivity (Wildman–Crippen MR) is 61.3 cm³/mol. The van der Waals surface area contributed by atoms with Crippen LogP contribution in [0.25, 0.3) is 0 Å². The second kappa shape index (κ2) is 5.48. The van der Waals surface area contributed by atoms with Crippen molar-refractivity contribution >= 4 is 21.7 Å². The molecule has 1 saturated heterocycles. The van der Waals surface area contributed by atoms with Gasteiger partial charge in [-0.05, 0) is 6.42 Å². The van der Waals surface area contributed by atoms with Gasteiger partial charge in [0.05, 0.1) is 11.7 Å². The van der Waals surface area contributed by atoms with Gasteiger partial charge in [0, 0.05) is 25.3 Å². The lowest BCUT2D eigenvalue weighted by Gasteiger charge is -2.15. The number of hydrogen-bond donors (Lipinski definition) is 1. The molecule has 0 aromatic rings. The smallest absolute Gasteiger partial charge is 0.308 e. The molecule has 0 saturated carbocycles. The van der Waals surface area contributed by atoms with Crippen molar-refractivity contribution in [3.05, 3.63) is 0 Å². The summed E-state index contributed by atoms with van der Waals surface area (Å²) in [7, 11) is -3.12. The van der Waals surface area contributed by atoms with Crippen LogP contribution in [0.2, 0.25) is 0 Å². The Bertz CT molecular complexity index is 403. The van der Waals surface area contributed by atoms with E-state index in [1.54, 1.807) is 6.92 Å². The Morgan fingerprint density at radius 3 is 2.59 bits per heavy atom. The van der Waals surface area contributed by atoms with Gasteiger partial charge in [0.15, 0.2) is 9.84 Å². The molecule has 1 atom stereocenters. The van der Waals surface area contributed by atoms with Crippen LogP contribution in [0.5, 0.6) is 0 Å². The van der Waals surface area contributed by atoms with E-state index in [0.29, 0.717) is 6.42 Å². The summed E-state index contributed by atoms with van der Waals surface area (Å²) >= 11 is 0. The van der Waals surface area contributed by atoms with Crippen molar-refractivity contribution in [2.75, 3.05) is 24.6 Å². The zero-order valence-electron chi connectivity index (χ0n) is 9.76. The van der Waals surface area contributed by atoms with E-state index < -0.39 is 21.7 Å². The number of likely N-dealkylation sites (tertiary alicyclic amines) is 1. The fourth-order valence-corrected chi connectivity index (χ4v) is 3.14. The van der Waals surface area contributed by atoms with Gasteiger partial charge in [0.2, 0.25) is 5.91 Å². The van der Waals surface area contributed by atoms with Gasteiger partial charge in [0.25, 0.3) is 0 Å². The fourth-order valence-electron chi connectivity index (χ4n) is 1.82. The highest BCUT2D eigenvalue weighted by Gasteiger charge is 2.34. The maximum absolute atomic E-state index is 11.5. The number of nitrogens with zero attached hydrogens (tertiary/aromatic N) is 1. The molecule has 1 fully saturated rings. The number of carbonyl (C=O) groups excluding carboxylic acids is 1. The van der Waals surface area contributed by atoms with Crippen LogP contribution in [0, 0.1) is 5.92 Å². The molecule has 0 bridgehead atoms. The second-order valence-corrected chi connectivity index (χ2v) is 6.53. The molecule has 98 valence electrons. The summed E-state index contributed by atoms with van der Waals surface area (Å²) in [6.45, 7) is 2.00. The number of aliphatic carboxylic acids is 1. The zero-order valence-corrected chi connectivity index (χ0v) is 10.6. The van der Waals surface area contributed by atoms with Gasteiger partial charge in [-0.25, -0.2) is 8.42 Å². The molecule has 6 nitrogen and oxygen atoms in total. The van der Waals surface area contributed by atoms with Gasteiger partial charge in [0.1, 0.15) is 0 Å². The molecule has 1 unspecified atom stereocenters. The van der Waals surface area contributed by atoms with E-state index in [1.807, 2.05) is 0 Å². The van der Waals surface area contributed by atoms with Crippen LogP contribution >= 0.6 is 0 Å². The number of carbonyl (C=O) groups is 2. The number of carboxylic acid groups (broad SMARTS) is 1. The minimum atomic E-state index is -3.12. The largest absolute Gasteiger partial charge is 0.481 e. The van der Waals surface area contributed by atoms with Gasteiger partial charge < -0.3 is 10.0 Å². The first-order valence-corrected chi connectivity index (χ1v) is 7.39. The van der Waals surface area contributed by atoms with Crippen molar-refractivity contribution in [1.82, 2.24) is 4.90 Å². The van der Waals surface area contributed by atoms with E-state index in [4.69, 9.17) is 5.11 Å². The Balaban J connectivity index is 2.49. The summed E-state index contributed by atoms with van der Waals surface area (Å²) in [5.41, 5.74) is 0. The summed E-state index contributed by atoms with van der Waals surface area (Å²) in [5.74, 6) is -1.95. The fraction of sp³-hybridized carbons (Fsp3) is 0.800. The van der Waals surface area contributed by atoms with Gasteiger partial charge in [-0.1, -0.05) is 6.92 Å². The Morgan fingerprint density at radius 1 is 1.47 bits per heavy atom. The molecule has 1 rings (SSSR count). The summed E-state index contributed by atoms with van der Waals surface area (Å²) in [4.78, 5) is 23.5. The first-order valence-electron chi connectivity index (χ1n) is 5.56. The summed E-state index contributed by atoms with van der Waals surface area (Å²) in [6, 6.07) is 0. The topological polar surface area (TPSA) is 91.8 Å². The van der Waals surface area contributed by atoms with Crippen molar-refractivity contribution in [2.24, 2.45) is 5.92 Å². The third kappa shape index (κ3) is 3.99. The molecule has 1 heterocycles. The van der Waals surface area contributed by atoms with Gasteiger partial charge in [-0.15, -0.1) is 0 Å². The van der Waals surface area contributed by atoms with Gasteiger partial charge in [-0.2, -0.15) is 0 Å². The van der Waals surface area contributed by atoms with E-state index in [1.165, 1.54) is 4.90 Å². The SMILES string of the molecule is CCCS(=O)(=O)CCN1CC(C(=O)O)CC1=O. The average Bonchev–Trinajstić information content (AvgIpc) is 2.57. The summed E-state index contributed by atoms with van der Waals surface area (Å²) < 4.78 is 22.9. The second-order valence-electron chi connectivity index (χ2n) is 4.23. The minimum Gasteiger partial charge on any atom is -0.481 e. The molecule has 1 N–H and O–H groups in total. The van der Waals surface area contributed by atoms with Crippen molar-refractivity contribution in [2.45, 2.75) is 19.8 Å². The minimum absolute atomic E-state index is 0.0246. The van der Waals surface area contributed by atoms with E-state index in [-0.39, 0.29) is 36.9 Å². The molecule has 0 spiro atoms. The molecular formula is C10H17NO5S. The van der Waals surface area contributed by atoms with Crippen LogP contribution in [0.4, 0.5) is 0 Å². The highest BCUT2D eigenvalue weighted by atomic mass is 32.2. The number of carboxylic acids is 1. The Labute approximate surface area is 101 Å². The molecule has 0 aromatic carbocycles. The average molecular weight is 263 g/mol. The Morgan fingerprint density at radius 2 is 2.12 bits per heavy atom. The van der Waals surface area contributed by atoms with E-state index in [9.17, 15) is 18.0 Å². The predicted octanol–water partition coefficient (Wildman–Crippen LogP) is -0.256. The number of hydrogen-bond acceptors (Lipinski definition) is 4. The van der Waals surface area contributed by atoms with Crippen molar-refractivity contribution < 1.29 is 23.1 Å². The van der Waals surface area contributed by atoms with Gasteiger partial charge in [-0.3, -0.25) is 9.59 Å². The number of amides is 1. The summed E-state index contributed by atoms with van der Waals surface area (Å²) in [6.07, 6.45) is 0.525. The lowest BCUT2D eigenvalue weighted by atomic mass is 10.1.